The van der Waals surface area contributed by atoms with Crippen LogP contribution in [0.4, 0.5) is 0 Å². The molecule has 1 aliphatic carbocycles. The highest BCUT2D eigenvalue weighted by Crippen LogP contribution is 2.24. The molecule has 0 spiro atoms. The molecule has 3 rings (SSSR count). The zero-order chi connectivity index (χ0) is 23.8. The molecule has 0 aromatic heterocycles. The van der Waals surface area contributed by atoms with Gasteiger partial charge >= 0.3 is 0 Å². The van der Waals surface area contributed by atoms with E-state index in [0.717, 1.165) is 62.4 Å². The zero-order valence-electron chi connectivity index (χ0n) is 21.4. The molecule has 3 heteroatoms. The average molecular weight is 424 g/mol. The van der Waals surface area contributed by atoms with Crippen molar-refractivity contribution in [1.29, 1.82) is 5.26 Å². The molecule has 1 heterocycles. The van der Waals surface area contributed by atoms with Crippen LogP contribution in [0.3, 0.4) is 0 Å². The molecule has 0 unspecified atom stereocenters. The van der Waals surface area contributed by atoms with Crippen LogP contribution in [0.15, 0.2) is 48.2 Å². The molecule has 2 aliphatic rings. The van der Waals surface area contributed by atoms with Crippen molar-refractivity contribution >= 4 is 5.57 Å². The Morgan fingerprint density at radius 2 is 1.65 bits per heavy atom. The summed E-state index contributed by atoms with van der Waals surface area (Å²) in [5.41, 5.74) is 7.14. The number of aryl methyl sites for hydroxylation is 1. The summed E-state index contributed by atoms with van der Waals surface area (Å²) in [4.78, 5) is 4.88. The second-order valence-corrected chi connectivity index (χ2v) is 7.11. The molecule has 1 aromatic carbocycles. The predicted octanol–water partition coefficient (Wildman–Crippen LogP) is 7.35. The molecule has 1 aliphatic heterocycles. The Labute approximate surface area is 192 Å². The zero-order valence-corrected chi connectivity index (χ0v) is 21.4. The molecule has 1 fully saturated rings. The van der Waals surface area contributed by atoms with Crippen LogP contribution in [0.2, 0.25) is 0 Å². The van der Waals surface area contributed by atoms with Gasteiger partial charge in [0.15, 0.2) is 0 Å². The molecule has 0 atom stereocenters. The van der Waals surface area contributed by atoms with Crippen molar-refractivity contribution in [3.8, 4) is 6.07 Å². The monoisotopic (exact) mass is 423 g/mol. The van der Waals surface area contributed by atoms with Gasteiger partial charge < -0.3 is 4.90 Å². The normalized spacial score (nSPS) is 15.4. The minimum Gasteiger partial charge on any atom is -0.368 e. The SMILES string of the molecule is C=C(C)c1cc(CN2CCN(C3=C(C#N)CCC=C3)CC2)ccc1C.CC.CC.CC. The third-order valence-corrected chi connectivity index (χ3v) is 5.16. The highest BCUT2D eigenvalue weighted by molar-refractivity contribution is 5.65. The number of piperazine rings is 1. The number of nitrogens with zero attached hydrogens (tertiary/aromatic N) is 3. The van der Waals surface area contributed by atoms with Crippen LogP contribution in [0, 0.1) is 18.3 Å². The summed E-state index contributed by atoms with van der Waals surface area (Å²) in [6.07, 6.45) is 6.20. The summed E-state index contributed by atoms with van der Waals surface area (Å²) in [7, 11) is 0. The van der Waals surface area contributed by atoms with Crippen molar-refractivity contribution in [1.82, 2.24) is 9.80 Å². The first-order valence-electron chi connectivity index (χ1n) is 12.1. The molecule has 172 valence electrons. The number of hydrogen-bond acceptors (Lipinski definition) is 3. The Balaban J connectivity index is 0.00000138. The smallest absolute Gasteiger partial charge is 0.0968 e. The van der Waals surface area contributed by atoms with E-state index in [-0.39, 0.29) is 0 Å². The highest BCUT2D eigenvalue weighted by Gasteiger charge is 2.21. The molecule has 1 saturated heterocycles. The van der Waals surface area contributed by atoms with Crippen molar-refractivity contribution in [2.75, 3.05) is 26.2 Å². The lowest BCUT2D eigenvalue weighted by molar-refractivity contribution is 0.155. The van der Waals surface area contributed by atoms with Gasteiger partial charge in [-0.15, -0.1) is 0 Å². The fourth-order valence-corrected chi connectivity index (χ4v) is 3.69. The fourth-order valence-electron chi connectivity index (χ4n) is 3.69. The number of benzene rings is 1. The molecule has 0 N–H and O–H groups in total. The quantitative estimate of drug-likeness (QED) is 0.507. The first kappa shape index (κ1) is 28.7. The summed E-state index contributed by atoms with van der Waals surface area (Å²) >= 11 is 0. The Hall–Kier alpha value is -2.31. The number of hydrogen-bond donors (Lipinski definition) is 0. The highest BCUT2D eigenvalue weighted by atomic mass is 15.3. The van der Waals surface area contributed by atoms with Gasteiger partial charge in [-0.3, -0.25) is 4.90 Å². The predicted molar refractivity (Wildman–Crippen MR) is 138 cm³/mol. The van der Waals surface area contributed by atoms with Crippen LogP contribution in [0.1, 0.15) is 78.0 Å². The lowest BCUT2D eigenvalue weighted by Crippen LogP contribution is -2.45. The second kappa shape index (κ2) is 16.4. The van der Waals surface area contributed by atoms with E-state index in [0.29, 0.717) is 0 Å². The van der Waals surface area contributed by atoms with E-state index in [9.17, 15) is 5.26 Å². The number of rotatable bonds is 4. The number of nitriles is 1. The van der Waals surface area contributed by atoms with Gasteiger partial charge in [0.25, 0.3) is 0 Å². The first-order valence-corrected chi connectivity index (χ1v) is 12.1. The van der Waals surface area contributed by atoms with Crippen LogP contribution in [-0.4, -0.2) is 36.0 Å². The van der Waals surface area contributed by atoms with Gasteiger partial charge in [-0.25, -0.2) is 0 Å². The van der Waals surface area contributed by atoms with E-state index in [1.807, 2.05) is 41.5 Å². The maximum atomic E-state index is 9.35. The Morgan fingerprint density at radius 1 is 1.03 bits per heavy atom. The molecule has 31 heavy (non-hydrogen) atoms. The van der Waals surface area contributed by atoms with Crippen molar-refractivity contribution < 1.29 is 0 Å². The van der Waals surface area contributed by atoms with Gasteiger partial charge in [0.05, 0.1) is 17.3 Å². The van der Waals surface area contributed by atoms with Crippen LogP contribution in [0.5, 0.6) is 0 Å². The summed E-state index contributed by atoms with van der Waals surface area (Å²) in [6, 6.07) is 9.10. The lowest BCUT2D eigenvalue weighted by Gasteiger charge is -2.37. The van der Waals surface area contributed by atoms with Gasteiger partial charge in [-0.1, -0.05) is 71.9 Å². The van der Waals surface area contributed by atoms with E-state index in [1.54, 1.807) is 0 Å². The van der Waals surface area contributed by atoms with Crippen molar-refractivity contribution in [3.63, 3.8) is 0 Å². The molecular formula is C28H45N3. The van der Waals surface area contributed by atoms with E-state index in [2.05, 4.69) is 66.6 Å². The standard InChI is InChI=1S/C22H27N3.3C2H6/c1-17(2)21-14-19(9-8-18(21)3)16-24-10-12-25(13-11-24)22-7-5-4-6-20(22)15-23;3*1-2/h5,7-9,14H,1,4,6,10-13,16H2,2-3H3;3*1-2H3. The number of allylic oxidation sites excluding steroid dienone is 4. The molecule has 1 aromatic rings. The Kier molecular flexibility index (Phi) is 15.2. The van der Waals surface area contributed by atoms with E-state index in [1.165, 1.54) is 16.7 Å². The largest absolute Gasteiger partial charge is 0.368 e. The summed E-state index contributed by atoms with van der Waals surface area (Å²) in [6.45, 7) is 25.3. The van der Waals surface area contributed by atoms with E-state index in [4.69, 9.17) is 0 Å². The van der Waals surface area contributed by atoms with Crippen molar-refractivity contribution in [2.45, 2.75) is 74.8 Å². The van der Waals surface area contributed by atoms with Gasteiger partial charge in [0.2, 0.25) is 0 Å². The van der Waals surface area contributed by atoms with Crippen molar-refractivity contribution in [3.05, 3.63) is 64.9 Å². The van der Waals surface area contributed by atoms with Crippen LogP contribution in [-0.2, 0) is 6.54 Å². The molecule has 0 saturated carbocycles. The molecule has 3 nitrogen and oxygen atoms in total. The topological polar surface area (TPSA) is 30.3 Å². The van der Waals surface area contributed by atoms with Gasteiger partial charge in [0.1, 0.15) is 0 Å². The van der Waals surface area contributed by atoms with Gasteiger partial charge in [-0.05, 0) is 55.5 Å². The van der Waals surface area contributed by atoms with Gasteiger partial charge in [-0.2, -0.15) is 5.26 Å². The minimum absolute atomic E-state index is 0.885. The maximum Gasteiger partial charge on any atom is 0.0968 e. The lowest BCUT2D eigenvalue weighted by atomic mass is 9.99. The average Bonchev–Trinajstić information content (AvgIpc) is 2.84. The Morgan fingerprint density at radius 3 is 2.19 bits per heavy atom. The molecule has 0 amide bonds. The summed E-state index contributed by atoms with van der Waals surface area (Å²) in [5, 5.41) is 9.35. The maximum absolute atomic E-state index is 9.35. The van der Waals surface area contributed by atoms with Crippen molar-refractivity contribution in [2.24, 2.45) is 0 Å². The van der Waals surface area contributed by atoms with Crippen LogP contribution < -0.4 is 0 Å². The third kappa shape index (κ3) is 8.75. The fraction of sp³-hybridized carbons (Fsp3) is 0.536. The molecular weight excluding hydrogens is 378 g/mol. The van der Waals surface area contributed by atoms with Gasteiger partial charge in [0, 0.05) is 32.7 Å². The third-order valence-electron chi connectivity index (χ3n) is 5.16. The second-order valence-electron chi connectivity index (χ2n) is 7.11. The molecule has 0 radical (unpaired) electrons. The summed E-state index contributed by atoms with van der Waals surface area (Å²) in [5.74, 6) is 0. The first-order chi connectivity index (χ1) is 15.1. The van der Waals surface area contributed by atoms with E-state index >= 15 is 0 Å². The van der Waals surface area contributed by atoms with E-state index < -0.39 is 0 Å². The summed E-state index contributed by atoms with van der Waals surface area (Å²) < 4.78 is 0. The van der Waals surface area contributed by atoms with Crippen LogP contribution in [0.25, 0.3) is 5.57 Å². The molecule has 0 bridgehead atoms. The Bertz CT molecular complexity index is 757. The van der Waals surface area contributed by atoms with Crippen LogP contribution >= 0.6 is 0 Å². The minimum atomic E-state index is 0.885.